The van der Waals surface area contributed by atoms with Crippen LogP contribution in [0.3, 0.4) is 0 Å². The number of hydrogen-bond acceptors (Lipinski definition) is 2. The molecule has 1 aromatic heterocycles. The highest BCUT2D eigenvalue weighted by molar-refractivity contribution is 6.30. The van der Waals surface area contributed by atoms with Gasteiger partial charge in [-0.25, -0.2) is 0 Å². The van der Waals surface area contributed by atoms with Gasteiger partial charge in [0.15, 0.2) is 0 Å². The van der Waals surface area contributed by atoms with Crippen LogP contribution in [0.15, 0.2) is 42.6 Å². The summed E-state index contributed by atoms with van der Waals surface area (Å²) in [6.07, 6.45) is 1.67. The van der Waals surface area contributed by atoms with Crippen LogP contribution in [0.25, 0.3) is 0 Å². The van der Waals surface area contributed by atoms with Crippen LogP contribution in [0.2, 0.25) is 5.02 Å². The molecule has 17 heavy (non-hydrogen) atoms. The molecule has 0 amide bonds. The van der Waals surface area contributed by atoms with Crippen molar-refractivity contribution in [2.75, 3.05) is 0 Å². The van der Waals surface area contributed by atoms with Crippen LogP contribution >= 0.6 is 23.2 Å². The fourth-order valence-electron chi connectivity index (χ4n) is 1.32. The second-order valence-corrected chi connectivity index (χ2v) is 4.24. The standard InChI is InChI=1S/C13H11Cl2NO/c14-7-12-5-6-13(8-16-12)17-9-10-1-3-11(15)4-2-10/h1-6,8H,7,9H2. The number of halogens is 2. The van der Waals surface area contributed by atoms with Crippen molar-refractivity contribution < 1.29 is 4.74 Å². The molecule has 0 aliphatic carbocycles. The van der Waals surface area contributed by atoms with Gasteiger partial charge in [-0.2, -0.15) is 0 Å². The van der Waals surface area contributed by atoms with Gasteiger partial charge in [0, 0.05) is 5.02 Å². The van der Waals surface area contributed by atoms with E-state index in [9.17, 15) is 0 Å². The fraction of sp³-hybridized carbons (Fsp3) is 0.154. The summed E-state index contributed by atoms with van der Waals surface area (Å²) in [5.41, 5.74) is 1.90. The summed E-state index contributed by atoms with van der Waals surface area (Å²) in [4.78, 5) is 4.15. The molecule has 0 bridgehead atoms. The molecular formula is C13H11Cl2NO. The maximum absolute atomic E-state index is 5.80. The number of aromatic nitrogens is 1. The molecule has 0 N–H and O–H groups in total. The summed E-state index contributed by atoms with van der Waals surface area (Å²) in [5.74, 6) is 1.14. The second-order valence-electron chi connectivity index (χ2n) is 3.53. The first-order valence-corrected chi connectivity index (χ1v) is 6.07. The van der Waals surface area contributed by atoms with E-state index in [1.165, 1.54) is 0 Å². The molecule has 1 heterocycles. The minimum Gasteiger partial charge on any atom is -0.487 e. The van der Waals surface area contributed by atoms with Crippen LogP contribution < -0.4 is 4.74 Å². The lowest BCUT2D eigenvalue weighted by atomic mass is 10.2. The lowest BCUT2D eigenvalue weighted by Gasteiger charge is -2.06. The summed E-state index contributed by atoms with van der Waals surface area (Å²) in [5, 5.41) is 0.724. The van der Waals surface area contributed by atoms with E-state index in [1.54, 1.807) is 6.20 Å². The molecule has 0 saturated heterocycles. The van der Waals surface area contributed by atoms with Gasteiger partial charge in [0.2, 0.25) is 0 Å². The molecule has 0 aliphatic heterocycles. The zero-order valence-electron chi connectivity index (χ0n) is 9.07. The maximum Gasteiger partial charge on any atom is 0.138 e. The Morgan fingerprint density at radius 2 is 1.82 bits per heavy atom. The predicted molar refractivity (Wildman–Crippen MR) is 69.6 cm³/mol. The quantitative estimate of drug-likeness (QED) is 0.780. The van der Waals surface area contributed by atoms with Crippen molar-refractivity contribution in [1.29, 1.82) is 0 Å². The lowest BCUT2D eigenvalue weighted by Crippen LogP contribution is -1.96. The second kappa shape index (κ2) is 5.89. The number of ether oxygens (including phenoxy) is 1. The molecule has 0 spiro atoms. The highest BCUT2D eigenvalue weighted by Gasteiger charge is 1.97. The van der Waals surface area contributed by atoms with Crippen molar-refractivity contribution in [2.24, 2.45) is 0 Å². The van der Waals surface area contributed by atoms with Crippen molar-refractivity contribution in [3.63, 3.8) is 0 Å². The van der Waals surface area contributed by atoms with E-state index in [-0.39, 0.29) is 0 Å². The first-order valence-electron chi connectivity index (χ1n) is 5.16. The fourth-order valence-corrected chi connectivity index (χ4v) is 1.61. The topological polar surface area (TPSA) is 22.1 Å². The van der Waals surface area contributed by atoms with Crippen LogP contribution in [0.4, 0.5) is 0 Å². The molecule has 2 nitrogen and oxygen atoms in total. The molecule has 0 aliphatic rings. The van der Waals surface area contributed by atoms with Gasteiger partial charge in [-0.1, -0.05) is 23.7 Å². The van der Waals surface area contributed by atoms with Crippen molar-refractivity contribution in [3.05, 3.63) is 58.9 Å². The van der Waals surface area contributed by atoms with E-state index in [2.05, 4.69) is 4.98 Å². The molecule has 0 radical (unpaired) electrons. The Labute approximate surface area is 110 Å². The van der Waals surface area contributed by atoms with Crippen molar-refractivity contribution >= 4 is 23.2 Å². The van der Waals surface area contributed by atoms with E-state index in [4.69, 9.17) is 27.9 Å². The van der Waals surface area contributed by atoms with Crippen molar-refractivity contribution in [3.8, 4) is 5.75 Å². The third-order valence-corrected chi connectivity index (χ3v) is 2.78. The SMILES string of the molecule is ClCc1ccc(OCc2ccc(Cl)cc2)cn1. The first kappa shape index (κ1) is 12.2. The molecular weight excluding hydrogens is 257 g/mol. The van der Waals surface area contributed by atoms with Crippen LogP contribution in [-0.2, 0) is 12.5 Å². The summed E-state index contributed by atoms with van der Waals surface area (Å²) < 4.78 is 5.58. The Hall–Kier alpha value is -1.25. The zero-order valence-corrected chi connectivity index (χ0v) is 10.6. The van der Waals surface area contributed by atoms with Crippen LogP contribution in [0.1, 0.15) is 11.3 Å². The minimum atomic E-state index is 0.414. The van der Waals surface area contributed by atoms with Crippen LogP contribution in [0.5, 0.6) is 5.75 Å². The summed E-state index contributed by atoms with van der Waals surface area (Å²) in [6.45, 7) is 0.499. The van der Waals surface area contributed by atoms with E-state index >= 15 is 0 Å². The molecule has 4 heteroatoms. The van der Waals surface area contributed by atoms with Crippen LogP contribution in [-0.4, -0.2) is 4.98 Å². The molecule has 0 unspecified atom stereocenters. The van der Waals surface area contributed by atoms with Gasteiger partial charge in [0.25, 0.3) is 0 Å². The number of pyridine rings is 1. The number of alkyl halides is 1. The molecule has 2 rings (SSSR count). The van der Waals surface area contributed by atoms with Gasteiger partial charge in [0.05, 0.1) is 17.8 Å². The number of hydrogen-bond donors (Lipinski definition) is 0. The van der Waals surface area contributed by atoms with Crippen molar-refractivity contribution in [2.45, 2.75) is 12.5 Å². The minimum absolute atomic E-state index is 0.414. The van der Waals surface area contributed by atoms with Gasteiger partial charge >= 0.3 is 0 Å². The summed E-state index contributed by atoms with van der Waals surface area (Å²) in [6, 6.07) is 11.3. The number of rotatable bonds is 4. The molecule has 0 saturated carbocycles. The molecule has 2 aromatic rings. The molecule has 1 aromatic carbocycles. The third kappa shape index (κ3) is 3.62. The highest BCUT2D eigenvalue weighted by Crippen LogP contribution is 2.14. The predicted octanol–water partition coefficient (Wildman–Crippen LogP) is 4.05. The smallest absolute Gasteiger partial charge is 0.138 e. The third-order valence-electron chi connectivity index (χ3n) is 2.25. The Balaban J connectivity index is 1.95. The van der Waals surface area contributed by atoms with Gasteiger partial charge in [-0.05, 0) is 29.8 Å². The Bertz CT molecular complexity index is 468. The first-order chi connectivity index (χ1) is 8.28. The zero-order chi connectivity index (χ0) is 12.1. The highest BCUT2D eigenvalue weighted by atomic mass is 35.5. The molecule has 88 valence electrons. The van der Waals surface area contributed by atoms with E-state index < -0.39 is 0 Å². The molecule has 0 atom stereocenters. The van der Waals surface area contributed by atoms with Crippen molar-refractivity contribution in [1.82, 2.24) is 4.98 Å². The van der Waals surface area contributed by atoms with E-state index in [1.807, 2.05) is 36.4 Å². The largest absolute Gasteiger partial charge is 0.487 e. The molecule has 0 fully saturated rings. The van der Waals surface area contributed by atoms with Gasteiger partial charge in [-0.15, -0.1) is 11.6 Å². The lowest BCUT2D eigenvalue weighted by molar-refractivity contribution is 0.305. The Kier molecular flexibility index (Phi) is 4.24. The van der Waals surface area contributed by atoms with Gasteiger partial charge in [0.1, 0.15) is 12.4 Å². The number of nitrogens with zero attached hydrogens (tertiary/aromatic N) is 1. The van der Waals surface area contributed by atoms with E-state index in [0.717, 1.165) is 22.0 Å². The normalized spacial score (nSPS) is 10.2. The summed E-state index contributed by atoms with van der Waals surface area (Å²) in [7, 11) is 0. The van der Waals surface area contributed by atoms with Gasteiger partial charge < -0.3 is 4.74 Å². The maximum atomic E-state index is 5.80. The average molecular weight is 268 g/mol. The Morgan fingerprint density at radius 1 is 1.06 bits per heavy atom. The van der Waals surface area contributed by atoms with Gasteiger partial charge in [-0.3, -0.25) is 4.98 Å². The van der Waals surface area contributed by atoms with Crippen LogP contribution in [0, 0.1) is 0 Å². The summed E-state index contributed by atoms with van der Waals surface area (Å²) >= 11 is 11.5. The Morgan fingerprint density at radius 3 is 2.41 bits per heavy atom. The van der Waals surface area contributed by atoms with E-state index in [0.29, 0.717) is 12.5 Å². The average Bonchev–Trinajstić information content (AvgIpc) is 2.39. The number of benzene rings is 1. The monoisotopic (exact) mass is 267 g/mol.